The van der Waals surface area contributed by atoms with Crippen LogP contribution in [0.2, 0.25) is 0 Å². The molecule has 1 fully saturated rings. The number of aromatic nitrogens is 1. The smallest absolute Gasteiger partial charge is 0.412 e. The Balaban J connectivity index is 2.30. The summed E-state index contributed by atoms with van der Waals surface area (Å²) in [7, 11) is 1.57. The van der Waals surface area contributed by atoms with Gasteiger partial charge in [0.25, 0.3) is 0 Å². The molecule has 1 N–H and O–H groups in total. The molecule has 1 aliphatic heterocycles. The van der Waals surface area contributed by atoms with Gasteiger partial charge in [-0.15, -0.1) is 11.8 Å². The summed E-state index contributed by atoms with van der Waals surface area (Å²) in [4.78, 5) is 30.2. The number of nitrogens with one attached hydrogen (secondary N) is 1. The fraction of sp³-hybridized carbons (Fsp3) is 0.533. The number of likely N-dealkylation sites (N-methyl/N-ethyl adjacent to an activating group) is 1. The maximum absolute atomic E-state index is 12.6. The summed E-state index contributed by atoms with van der Waals surface area (Å²) in [6.45, 7) is 5.42. The molecule has 1 saturated heterocycles. The second kappa shape index (κ2) is 6.56. The van der Waals surface area contributed by atoms with Gasteiger partial charge in [-0.1, -0.05) is 6.07 Å². The van der Waals surface area contributed by atoms with E-state index in [1.165, 1.54) is 16.7 Å². The lowest BCUT2D eigenvalue weighted by molar-refractivity contribution is -0.125. The van der Waals surface area contributed by atoms with E-state index in [1.54, 1.807) is 19.4 Å². The first-order valence-corrected chi connectivity index (χ1v) is 8.13. The van der Waals surface area contributed by atoms with Crippen LogP contribution < -0.4 is 5.32 Å². The number of ether oxygens (including phenoxy) is 1. The molecule has 1 aliphatic rings. The molecule has 2 atom stereocenters. The van der Waals surface area contributed by atoms with Crippen molar-refractivity contribution >= 4 is 23.8 Å². The Kier molecular flexibility index (Phi) is 4.95. The Morgan fingerprint density at radius 1 is 1.45 bits per heavy atom. The van der Waals surface area contributed by atoms with E-state index >= 15 is 0 Å². The van der Waals surface area contributed by atoms with E-state index in [2.05, 4.69) is 10.3 Å². The fourth-order valence-corrected chi connectivity index (χ4v) is 3.59. The van der Waals surface area contributed by atoms with Crippen LogP contribution in [0.15, 0.2) is 24.5 Å². The Hall–Kier alpha value is -1.76. The topological polar surface area (TPSA) is 71.5 Å². The lowest BCUT2D eigenvalue weighted by Crippen LogP contribution is -2.48. The number of rotatable bonds is 2. The summed E-state index contributed by atoms with van der Waals surface area (Å²) in [6.07, 6.45) is 2.90. The van der Waals surface area contributed by atoms with Gasteiger partial charge in [-0.3, -0.25) is 14.7 Å². The first kappa shape index (κ1) is 16.6. The van der Waals surface area contributed by atoms with Gasteiger partial charge in [0.05, 0.1) is 0 Å². The lowest BCUT2D eigenvalue weighted by atomic mass is 10.2. The Morgan fingerprint density at radius 2 is 2.18 bits per heavy atom. The third-order valence-corrected chi connectivity index (χ3v) is 4.45. The Morgan fingerprint density at radius 3 is 2.73 bits per heavy atom. The van der Waals surface area contributed by atoms with Gasteiger partial charge in [0.1, 0.15) is 17.0 Å². The number of amides is 2. The highest BCUT2D eigenvalue weighted by atomic mass is 32.2. The summed E-state index contributed by atoms with van der Waals surface area (Å²) in [5.74, 6) is 0.336. The minimum atomic E-state index is -0.614. The van der Waals surface area contributed by atoms with E-state index in [4.69, 9.17) is 4.74 Å². The van der Waals surface area contributed by atoms with Crippen molar-refractivity contribution in [3.8, 4) is 0 Å². The average Bonchev–Trinajstić information content (AvgIpc) is 2.90. The molecule has 0 aliphatic carbocycles. The van der Waals surface area contributed by atoms with Crippen molar-refractivity contribution < 1.29 is 14.3 Å². The number of pyridine rings is 1. The van der Waals surface area contributed by atoms with Crippen molar-refractivity contribution in [2.75, 3.05) is 12.8 Å². The van der Waals surface area contributed by atoms with Gasteiger partial charge in [-0.2, -0.15) is 0 Å². The van der Waals surface area contributed by atoms with Gasteiger partial charge in [0.2, 0.25) is 5.91 Å². The quantitative estimate of drug-likeness (QED) is 0.903. The normalized spacial score (nSPS) is 21.5. The molecule has 2 unspecified atom stereocenters. The summed E-state index contributed by atoms with van der Waals surface area (Å²) >= 11 is 1.53. The zero-order valence-corrected chi connectivity index (χ0v) is 14.0. The van der Waals surface area contributed by atoms with Crippen LogP contribution in [0.5, 0.6) is 0 Å². The van der Waals surface area contributed by atoms with Crippen molar-refractivity contribution in [2.45, 2.75) is 37.8 Å². The zero-order chi connectivity index (χ0) is 16.3. The van der Waals surface area contributed by atoms with Crippen LogP contribution in [-0.2, 0) is 9.53 Å². The number of thioether (sulfide) groups is 1. The van der Waals surface area contributed by atoms with E-state index in [1.807, 2.05) is 32.9 Å². The molecule has 0 bridgehead atoms. The standard InChI is InChI=1S/C15H21N3O3S/c1-15(2,3)21-14(20)18-11(12(19)16-4)9-22-13(18)10-6-5-7-17-8-10/h5-8,11,13H,9H2,1-4H3,(H,16,19). The molecule has 0 radical (unpaired) electrons. The highest BCUT2D eigenvalue weighted by Crippen LogP contribution is 2.41. The molecular formula is C15H21N3O3S. The van der Waals surface area contributed by atoms with Crippen LogP contribution in [0, 0.1) is 0 Å². The van der Waals surface area contributed by atoms with Gasteiger partial charge >= 0.3 is 6.09 Å². The molecule has 1 aromatic heterocycles. The summed E-state index contributed by atoms with van der Waals surface area (Å²) < 4.78 is 5.47. The molecule has 2 rings (SSSR count). The largest absolute Gasteiger partial charge is 0.444 e. The van der Waals surface area contributed by atoms with E-state index in [0.717, 1.165) is 5.56 Å². The van der Waals surface area contributed by atoms with Crippen molar-refractivity contribution in [3.05, 3.63) is 30.1 Å². The monoisotopic (exact) mass is 323 g/mol. The van der Waals surface area contributed by atoms with Crippen LogP contribution in [0.1, 0.15) is 31.7 Å². The maximum atomic E-state index is 12.6. The first-order valence-electron chi connectivity index (χ1n) is 7.08. The van der Waals surface area contributed by atoms with Crippen molar-refractivity contribution in [1.82, 2.24) is 15.2 Å². The number of nitrogens with zero attached hydrogens (tertiary/aromatic N) is 2. The summed E-state index contributed by atoms with van der Waals surface area (Å²) in [5.41, 5.74) is 0.265. The number of hydrogen-bond donors (Lipinski definition) is 1. The molecule has 120 valence electrons. The molecule has 0 spiro atoms. The predicted octanol–water partition coefficient (Wildman–Crippen LogP) is 2.18. The fourth-order valence-electron chi connectivity index (χ4n) is 2.19. The van der Waals surface area contributed by atoms with Crippen LogP contribution in [0.3, 0.4) is 0 Å². The molecule has 0 saturated carbocycles. The highest BCUT2D eigenvalue weighted by molar-refractivity contribution is 7.99. The molecule has 2 heterocycles. The average molecular weight is 323 g/mol. The molecule has 7 heteroatoms. The number of hydrogen-bond acceptors (Lipinski definition) is 5. The van der Waals surface area contributed by atoms with Crippen LogP contribution in [-0.4, -0.2) is 46.3 Å². The third kappa shape index (κ3) is 3.71. The minimum absolute atomic E-state index is 0.190. The van der Waals surface area contributed by atoms with Crippen molar-refractivity contribution in [3.63, 3.8) is 0 Å². The molecule has 0 aromatic carbocycles. The molecular weight excluding hydrogens is 302 g/mol. The lowest BCUT2D eigenvalue weighted by Gasteiger charge is -2.31. The van der Waals surface area contributed by atoms with Gasteiger partial charge in [-0.05, 0) is 26.8 Å². The Labute approximate surface area is 134 Å². The second-order valence-electron chi connectivity index (χ2n) is 5.99. The van der Waals surface area contributed by atoms with Crippen LogP contribution in [0.4, 0.5) is 4.79 Å². The number of carbonyl (C=O) groups excluding carboxylic acids is 2. The van der Waals surface area contributed by atoms with Crippen LogP contribution in [0.25, 0.3) is 0 Å². The Bertz CT molecular complexity index is 545. The van der Waals surface area contributed by atoms with E-state index < -0.39 is 17.7 Å². The highest BCUT2D eigenvalue weighted by Gasteiger charge is 2.43. The van der Waals surface area contributed by atoms with Crippen molar-refractivity contribution in [1.29, 1.82) is 0 Å². The van der Waals surface area contributed by atoms with Gasteiger partial charge in [0.15, 0.2) is 0 Å². The SMILES string of the molecule is CNC(=O)C1CSC(c2cccnc2)N1C(=O)OC(C)(C)C. The van der Waals surface area contributed by atoms with Crippen molar-refractivity contribution in [2.24, 2.45) is 0 Å². The minimum Gasteiger partial charge on any atom is -0.444 e. The first-order chi connectivity index (χ1) is 10.3. The van der Waals surface area contributed by atoms with E-state index in [-0.39, 0.29) is 11.3 Å². The molecule has 1 aromatic rings. The van der Waals surface area contributed by atoms with E-state index in [9.17, 15) is 9.59 Å². The predicted molar refractivity (Wildman–Crippen MR) is 85.4 cm³/mol. The summed E-state index contributed by atoms with van der Waals surface area (Å²) in [6, 6.07) is 3.17. The maximum Gasteiger partial charge on any atom is 0.412 e. The molecule has 6 nitrogen and oxygen atoms in total. The van der Waals surface area contributed by atoms with Gasteiger partial charge < -0.3 is 10.1 Å². The zero-order valence-electron chi connectivity index (χ0n) is 13.2. The molecule has 22 heavy (non-hydrogen) atoms. The van der Waals surface area contributed by atoms with Crippen LogP contribution >= 0.6 is 11.8 Å². The second-order valence-corrected chi connectivity index (χ2v) is 7.10. The third-order valence-electron chi connectivity index (χ3n) is 3.12. The van der Waals surface area contributed by atoms with Gasteiger partial charge in [0, 0.05) is 30.8 Å². The van der Waals surface area contributed by atoms with Gasteiger partial charge in [-0.25, -0.2) is 4.79 Å². The number of carbonyl (C=O) groups is 2. The summed E-state index contributed by atoms with van der Waals surface area (Å²) in [5, 5.41) is 2.34. The molecule has 2 amide bonds. The van der Waals surface area contributed by atoms with E-state index in [0.29, 0.717) is 5.75 Å².